The van der Waals surface area contributed by atoms with Gasteiger partial charge in [-0.15, -0.1) is 0 Å². The summed E-state index contributed by atoms with van der Waals surface area (Å²) in [5, 5.41) is 9.01. The summed E-state index contributed by atoms with van der Waals surface area (Å²) >= 11 is 0. The number of hydrogen-bond acceptors (Lipinski definition) is 1. The summed E-state index contributed by atoms with van der Waals surface area (Å²) < 4.78 is 0. The summed E-state index contributed by atoms with van der Waals surface area (Å²) in [5.41, 5.74) is 0. The second-order valence-electron chi connectivity index (χ2n) is 5.14. The highest BCUT2D eigenvalue weighted by molar-refractivity contribution is 5.72. The fraction of sp³-hybridized carbons (Fsp3) is 0.900. The van der Waals surface area contributed by atoms with Crippen LogP contribution in [0.3, 0.4) is 0 Å². The molecule has 5 fully saturated rings. The molecule has 0 radical (unpaired) electrons. The van der Waals surface area contributed by atoms with Gasteiger partial charge in [-0.2, -0.15) is 0 Å². The molecule has 2 heteroatoms. The summed E-state index contributed by atoms with van der Waals surface area (Å²) in [6, 6.07) is 0. The zero-order valence-electron chi connectivity index (χ0n) is 6.81. The summed E-state index contributed by atoms with van der Waals surface area (Å²) in [7, 11) is 0. The molecule has 0 aromatic heterocycles. The van der Waals surface area contributed by atoms with Gasteiger partial charge < -0.3 is 5.11 Å². The van der Waals surface area contributed by atoms with Crippen LogP contribution in [-0.2, 0) is 4.79 Å². The average molecular weight is 164 g/mol. The Bertz CT molecular complexity index is 286. The van der Waals surface area contributed by atoms with Crippen molar-refractivity contribution in [2.75, 3.05) is 0 Å². The van der Waals surface area contributed by atoms with Crippen molar-refractivity contribution in [3.05, 3.63) is 0 Å². The number of aliphatic carboxylic acids is 1. The van der Waals surface area contributed by atoms with Gasteiger partial charge in [0.15, 0.2) is 0 Å². The first kappa shape index (κ1) is 6.01. The van der Waals surface area contributed by atoms with Crippen molar-refractivity contribution in [3.8, 4) is 0 Å². The molecule has 5 rings (SSSR count). The molecule has 0 aromatic carbocycles. The van der Waals surface area contributed by atoms with E-state index in [1.807, 2.05) is 0 Å². The number of rotatable bonds is 1. The van der Waals surface area contributed by atoms with Gasteiger partial charge in [0.1, 0.15) is 0 Å². The maximum Gasteiger partial charge on any atom is 0.306 e. The van der Waals surface area contributed by atoms with Gasteiger partial charge in [-0.3, -0.25) is 4.79 Å². The number of carbonyl (C=O) groups is 1. The van der Waals surface area contributed by atoms with Gasteiger partial charge in [0.2, 0.25) is 0 Å². The molecule has 5 aliphatic carbocycles. The van der Waals surface area contributed by atoms with Crippen LogP contribution in [0.2, 0.25) is 0 Å². The molecule has 2 nitrogen and oxygen atoms in total. The Morgan fingerprint density at radius 3 is 2.25 bits per heavy atom. The lowest BCUT2D eigenvalue weighted by molar-refractivity contribution is -0.143. The number of hydrogen-bond donors (Lipinski definition) is 1. The zero-order chi connectivity index (χ0) is 8.03. The van der Waals surface area contributed by atoms with Crippen molar-refractivity contribution in [3.63, 3.8) is 0 Å². The predicted molar refractivity (Wildman–Crippen MR) is 41.3 cm³/mol. The second kappa shape index (κ2) is 1.45. The lowest BCUT2D eigenvalue weighted by atomic mass is 9.88. The van der Waals surface area contributed by atoms with E-state index >= 15 is 0 Å². The fourth-order valence-electron chi connectivity index (χ4n) is 5.00. The summed E-state index contributed by atoms with van der Waals surface area (Å²) in [4.78, 5) is 10.9. The van der Waals surface area contributed by atoms with E-state index < -0.39 is 5.97 Å². The van der Waals surface area contributed by atoms with Gasteiger partial charge in [-0.25, -0.2) is 0 Å². The maximum atomic E-state index is 10.9. The van der Waals surface area contributed by atoms with Crippen molar-refractivity contribution in [1.82, 2.24) is 0 Å². The molecule has 0 heterocycles. The number of carboxylic acids is 1. The molecule has 12 heavy (non-hydrogen) atoms. The zero-order valence-corrected chi connectivity index (χ0v) is 6.81. The minimum Gasteiger partial charge on any atom is -0.481 e. The highest BCUT2D eigenvalue weighted by Gasteiger charge is 2.78. The predicted octanol–water partition coefficient (Wildman–Crippen LogP) is 1.22. The van der Waals surface area contributed by atoms with Crippen LogP contribution in [0.1, 0.15) is 12.8 Å². The number of carboxylic acid groups (broad SMARTS) is 1. The normalized spacial score (nSPS) is 68.8. The highest BCUT2D eigenvalue weighted by atomic mass is 16.4. The molecule has 5 saturated carbocycles. The van der Waals surface area contributed by atoms with Crippen molar-refractivity contribution >= 4 is 5.97 Å². The van der Waals surface area contributed by atoms with E-state index in [1.54, 1.807) is 0 Å². The van der Waals surface area contributed by atoms with Gasteiger partial charge in [0.25, 0.3) is 0 Å². The minimum atomic E-state index is -0.515. The van der Waals surface area contributed by atoms with Crippen LogP contribution >= 0.6 is 0 Å². The van der Waals surface area contributed by atoms with E-state index in [0.29, 0.717) is 5.92 Å². The standard InChI is InChI=1S/C10H12O2/c11-10(12)6-2-4-3-1-5-7(4)9(5)8(3)6/h3-9H,1-2H2,(H,11,12)/t3-,4-,5+,6-,7?,8-,9?/m1/s1. The van der Waals surface area contributed by atoms with E-state index in [9.17, 15) is 4.79 Å². The first-order valence-corrected chi connectivity index (χ1v) is 5.02. The van der Waals surface area contributed by atoms with Crippen LogP contribution in [0.4, 0.5) is 0 Å². The maximum absolute atomic E-state index is 10.9. The van der Waals surface area contributed by atoms with Gasteiger partial charge >= 0.3 is 5.97 Å². The molecule has 5 aliphatic rings. The fourth-order valence-corrected chi connectivity index (χ4v) is 5.00. The van der Waals surface area contributed by atoms with Crippen LogP contribution in [0.15, 0.2) is 0 Å². The molecule has 64 valence electrons. The van der Waals surface area contributed by atoms with Crippen molar-refractivity contribution in [1.29, 1.82) is 0 Å². The van der Waals surface area contributed by atoms with Gasteiger partial charge in [-0.1, -0.05) is 0 Å². The molecule has 0 aromatic rings. The van der Waals surface area contributed by atoms with Crippen LogP contribution < -0.4 is 0 Å². The second-order valence-corrected chi connectivity index (χ2v) is 5.14. The molecular formula is C10H12O2. The van der Waals surface area contributed by atoms with Gasteiger partial charge in [-0.05, 0) is 48.3 Å². The van der Waals surface area contributed by atoms with Gasteiger partial charge in [0, 0.05) is 0 Å². The summed E-state index contributed by atoms with van der Waals surface area (Å²) in [6.45, 7) is 0. The Hall–Kier alpha value is -0.530. The van der Waals surface area contributed by atoms with E-state index in [0.717, 1.165) is 36.0 Å². The lowest BCUT2D eigenvalue weighted by Gasteiger charge is -2.16. The molecule has 0 spiro atoms. The Morgan fingerprint density at radius 1 is 1.00 bits per heavy atom. The van der Waals surface area contributed by atoms with Crippen LogP contribution in [0.25, 0.3) is 0 Å². The molecule has 2 unspecified atom stereocenters. The van der Waals surface area contributed by atoms with Crippen molar-refractivity contribution in [2.45, 2.75) is 12.8 Å². The quantitative estimate of drug-likeness (QED) is 0.632. The minimum absolute atomic E-state index is 0.0498. The van der Waals surface area contributed by atoms with Crippen LogP contribution in [0.5, 0.6) is 0 Å². The first-order valence-electron chi connectivity index (χ1n) is 5.02. The Kier molecular flexibility index (Phi) is 0.724. The smallest absolute Gasteiger partial charge is 0.306 e. The van der Waals surface area contributed by atoms with E-state index in [1.165, 1.54) is 6.42 Å². The molecule has 7 atom stereocenters. The summed E-state index contributed by atoms with van der Waals surface area (Å²) in [6.07, 6.45) is 2.40. The monoisotopic (exact) mass is 164 g/mol. The Labute approximate surface area is 71.0 Å². The largest absolute Gasteiger partial charge is 0.481 e. The molecule has 0 aliphatic heterocycles. The first-order chi connectivity index (χ1) is 5.79. The van der Waals surface area contributed by atoms with Crippen LogP contribution in [-0.4, -0.2) is 11.1 Å². The topological polar surface area (TPSA) is 37.3 Å². The van der Waals surface area contributed by atoms with E-state index in [4.69, 9.17) is 5.11 Å². The Morgan fingerprint density at radius 2 is 1.75 bits per heavy atom. The molecule has 0 amide bonds. The van der Waals surface area contributed by atoms with Crippen molar-refractivity contribution < 1.29 is 9.90 Å². The molecule has 6 bridgehead atoms. The molecular weight excluding hydrogens is 152 g/mol. The van der Waals surface area contributed by atoms with Crippen LogP contribution in [0, 0.1) is 41.4 Å². The van der Waals surface area contributed by atoms with E-state index in [-0.39, 0.29) is 5.92 Å². The third-order valence-corrected chi connectivity index (χ3v) is 5.13. The molecule has 0 saturated heterocycles. The van der Waals surface area contributed by atoms with Crippen molar-refractivity contribution in [2.24, 2.45) is 41.4 Å². The van der Waals surface area contributed by atoms with E-state index in [2.05, 4.69) is 0 Å². The third-order valence-electron chi connectivity index (χ3n) is 5.13. The lowest BCUT2D eigenvalue weighted by Crippen LogP contribution is -2.22. The SMILES string of the molecule is O=C(O)[C@@H]1C[C@H]2C3C4[C@H]3C[C@H]2[C@@H]41. The average Bonchev–Trinajstić information content (AvgIpc) is 2.45. The Balaban J connectivity index is 1.79. The summed E-state index contributed by atoms with van der Waals surface area (Å²) in [5.74, 6) is 4.67. The molecule has 1 N–H and O–H groups in total. The highest BCUT2D eigenvalue weighted by Crippen LogP contribution is 2.82. The van der Waals surface area contributed by atoms with Gasteiger partial charge in [0.05, 0.1) is 5.92 Å². The third kappa shape index (κ3) is 0.395.